The maximum Gasteiger partial charge on any atom is 0.0251 e. The average molecular weight is 281 g/mol. The maximum absolute atomic E-state index is 3.59. The van der Waals surface area contributed by atoms with Gasteiger partial charge in [0.1, 0.15) is 0 Å². The minimum atomic E-state index is 0.689. The number of nitrogens with zero attached hydrogens (tertiary/aromatic N) is 2. The van der Waals surface area contributed by atoms with Crippen molar-refractivity contribution in [2.24, 2.45) is 11.8 Å². The van der Waals surface area contributed by atoms with Crippen molar-refractivity contribution in [1.82, 2.24) is 15.1 Å². The molecule has 3 unspecified atom stereocenters. The molecule has 0 bridgehead atoms. The fraction of sp³-hybridized carbons (Fsp3) is 1.00. The smallest absolute Gasteiger partial charge is 0.0251 e. The molecule has 0 aromatic heterocycles. The summed E-state index contributed by atoms with van der Waals surface area (Å²) < 4.78 is 0. The SMILES string of the molecule is CNC1CCC(C(C)C)CC1N(C)C1CCN(C)CC1. The number of likely N-dealkylation sites (N-methyl/N-ethyl adjacent to an activating group) is 2. The van der Waals surface area contributed by atoms with Crippen molar-refractivity contribution in [1.29, 1.82) is 0 Å². The Morgan fingerprint density at radius 1 is 1.10 bits per heavy atom. The number of hydrogen-bond acceptors (Lipinski definition) is 3. The molecule has 3 heteroatoms. The van der Waals surface area contributed by atoms with Gasteiger partial charge in [-0.05, 0) is 78.2 Å². The minimum absolute atomic E-state index is 0.689. The van der Waals surface area contributed by atoms with Gasteiger partial charge >= 0.3 is 0 Å². The first-order chi connectivity index (χ1) is 9.52. The molecule has 2 aliphatic rings. The summed E-state index contributed by atoms with van der Waals surface area (Å²) in [4.78, 5) is 5.19. The molecule has 20 heavy (non-hydrogen) atoms. The molecule has 0 aromatic rings. The van der Waals surface area contributed by atoms with E-state index in [0.29, 0.717) is 6.04 Å². The predicted octanol–water partition coefficient (Wildman–Crippen LogP) is 2.43. The zero-order chi connectivity index (χ0) is 14.7. The zero-order valence-electron chi connectivity index (χ0n) is 14.2. The van der Waals surface area contributed by atoms with Crippen LogP contribution in [-0.4, -0.2) is 62.2 Å². The van der Waals surface area contributed by atoms with Gasteiger partial charge in [-0.1, -0.05) is 13.8 Å². The Bertz CT molecular complexity index is 284. The lowest BCUT2D eigenvalue weighted by Crippen LogP contribution is -2.56. The lowest BCUT2D eigenvalue weighted by molar-refractivity contribution is 0.0484. The third-order valence-corrected chi connectivity index (χ3v) is 5.96. The number of likely N-dealkylation sites (tertiary alicyclic amines) is 1. The van der Waals surface area contributed by atoms with E-state index in [1.807, 2.05) is 0 Å². The molecular formula is C17H35N3. The van der Waals surface area contributed by atoms with Crippen LogP contribution in [0.1, 0.15) is 46.0 Å². The highest BCUT2D eigenvalue weighted by Crippen LogP contribution is 2.34. The number of nitrogens with one attached hydrogen (secondary N) is 1. The van der Waals surface area contributed by atoms with Gasteiger partial charge in [-0.25, -0.2) is 0 Å². The standard InChI is InChI=1S/C17H35N3/c1-13(2)14-6-7-16(18-3)17(12-14)20(5)15-8-10-19(4)11-9-15/h13-18H,6-12H2,1-5H3. The van der Waals surface area contributed by atoms with E-state index in [4.69, 9.17) is 0 Å². The molecule has 3 atom stereocenters. The third-order valence-electron chi connectivity index (χ3n) is 5.96. The van der Waals surface area contributed by atoms with Crippen LogP contribution in [0.25, 0.3) is 0 Å². The van der Waals surface area contributed by atoms with Gasteiger partial charge in [0, 0.05) is 18.1 Å². The van der Waals surface area contributed by atoms with E-state index in [-0.39, 0.29) is 0 Å². The van der Waals surface area contributed by atoms with Gasteiger partial charge in [0.2, 0.25) is 0 Å². The van der Waals surface area contributed by atoms with Gasteiger partial charge in [-0.3, -0.25) is 4.90 Å². The van der Waals surface area contributed by atoms with E-state index in [0.717, 1.165) is 23.9 Å². The molecule has 118 valence electrons. The first-order valence-corrected chi connectivity index (χ1v) is 8.60. The summed E-state index contributed by atoms with van der Waals surface area (Å²) in [6, 6.07) is 2.21. The minimum Gasteiger partial charge on any atom is -0.315 e. The Balaban J connectivity index is 1.98. The molecular weight excluding hydrogens is 246 g/mol. The highest BCUT2D eigenvalue weighted by Gasteiger charge is 2.36. The molecule has 0 radical (unpaired) electrons. The molecule has 1 aliphatic carbocycles. The van der Waals surface area contributed by atoms with Crippen LogP contribution in [-0.2, 0) is 0 Å². The van der Waals surface area contributed by atoms with Crippen molar-refractivity contribution >= 4 is 0 Å². The van der Waals surface area contributed by atoms with Crippen molar-refractivity contribution in [3.8, 4) is 0 Å². The second-order valence-corrected chi connectivity index (χ2v) is 7.48. The molecule has 1 saturated heterocycles. The molecule has 1 heterocycles. The van der Waals surface area contributed by atoms with E-state index in [9.17, 15) is 0 Å². The van der Waals surface area contributed by atoms with E-state index < -0.39 is 0 Å². The Kier molecular flexibility index (Phi) is 5.88. The van der Waals surface area contributed by atoms with Gasteiger partial charge < -0.3 is 10.2 Å². The predicted molar refractivity (Wildman–Crippen MR) is 87.1 cm³/mol. The quantitative estimate of drug-likeness (QED) is 0.854. The molecule has 2 rings (SSSR count). The average Bonchev–Trinajstić information content (AvgIpc) is 2.46. The maximum atomic E-state index is 3.59. The number of rotatable bonds is 4. The molecule has 0 aromatic carbocycles. The van der Waals surface area contributed by atoms with Crippen molar-refractivity contribution in [3.63, 3.8) is 0 Å². The Morgan fingerprint density at radius 3 is 2.30 bits per heavy atom. The van der Waals surface area contributed by atoms with Crippen LogP contribution >= 0.6 is 0 Å². The van der Waals surface area contributed by atoms with E-state index >= 15 is 0 Å². The van der Waals surface area contributed by atoms with Gasteiger partial charge in [0.05, 0.1) is 0 Å². The lowest BCUT2D eigenvalue weighted by Gasteiger charge is -2.46. The fourth-order valence-electron chi connectivity index (χ4n) is 4.24. The van der Waals surface area contributed by atoms with E-state index in [1.54, 1.807) is 0 Å². The number of hydrogen-bond donors (Lipinski definition) is 1. The van der Waals surface area contributed by atoms with Crippen LogP contribution in [0.15, 0.2) is 0 Å². The van der Waals surface area contributed by atoms with Crippen LogP contribution in [0.5, 0.6) is 0 Å². The van der Waals surface area contributed by atoms with Crippen LogP contribution in [0.2, 0.25) is 0 Å². The second-order valence-electron chi connectivity index (χ2n) is 7.48. The van der Waals surface area contributed by atoms with Crippen LogP contribution < -0.4 is 5.32 Å². The molecule has 3 nitrogen and oxygen atoms in total. The highest BCUT2D eigenvalue weighted by molar-refractivity contribution is 4.93. The fourth-order valence-corrected chi connectivity index (χ4v) is 4.24. The van der Waals surface area contributed by atoms with Gasteiger partial charge in [-0.2, -0.15) is 0 Å². The summed E-state index contributed by atoms with van der Waals surface area (Å²) in [6.07, 6.45) is 6.81. The second kappa shape index (κ2) is 7.24. The Labute approximate surface area is 126 Å². The summed E-state index contributed by atoms with van der Waals surface area (Å²) in [5, 5.41) is 3.59. The van der Waals surface area contributed by atoms with Crippen LogP contribution in [0, 0.1) is 11.8 Å². The summed E-state index contributed by atoms with van der Waals surface area (Å²) in [7, 11) is 6.78. The summed E-state index contributed by atoms with van der Waals surface area (Å²) in [6.45, 7) is 7.33. The Hall–Kier alpha value is -0.120. The zero-order valence-corrected chi connectivity index (χ0v) is 14.2. The molecule has 0 amide bonds. The molecule has 1 saturated carbocycles. The lowest BCUT2D eigenvalue weighted by atomic mass is 9.76. The third kappa shape index (κ3) is 3.75. The molecule has 0 spiro atoms. The monoisotopic (exact) mass is 281 g/mol. The molecule has 1 aliphatic heterocycles. The van der Waals surface area contributed by atoms with Gasteiger partial charge in [0.15, 0.2) is 0 Å². The van der Waals surface area contributed by atoms with Crippen LogP contribution in [0.3, 0.4) is 0 Å². The topological polar surface area (TPSA) is 18.5 Å². The molecule has 2 fully saturated rings. The van der Waals surface area contributed by atoms with Gasteiger partial charge in [0.25, 0.3) is 0 Å². The van der Waals surface area contributed by atoms with Crippen LogP contribution in [0.4, 0.5) is 0 Å². The van der Waals surface area contributed by atoms with Crippen molar-refractivity contribution in [2.75, 3.05) is 34.2 Å². The normalized spacial score (nSPS) is 34.0. The van der Waals surface area contributed by atoms with Crippen molar-refractivity contribution in [3.05, 3.63) is 0 Å². The van der Waals surface area contributed by atoms with Crippen molar-refractivity contribution in [2.45, 2.75) is 64.1 Å². The van der Waals surface area contributed by atoms with E-state index in [1.165, 1.54) is 45.2 Å². The largest absolute Gasteiger partial charge is 0.315 e. The van der Waals surface area contributed by atoms with Crippen molar-refractivity contribution < 1.29 is 0 Å². The van der Waals surface area contributed by atoms with Gasteiger partial charge in [-0.15, -0.1) is 0 Å². The van der Waals surface area contributed by atoms with E-state index in [2.05, 4.69) is 50.1 Å². The Morgan fingerprint density at radius 2 is 1.75 bits per heavy atom. The highest BCUT2D eigenvalue weighted by atomic mass is 15.2. The number of piperidine rings is 1. The summed E-state index contributed by atoms with van der Waals surface area (Å²) in [5.74, 6) is 1.75. The first-order valence-electron chi connectivity index (χ1n) is 8.60. The summed E-state index contributed by atoms with van der Waals surface area (Å²) >= 11 is 0. The first kappa shape index (κ1) is 16.3. The molecule has 1 N–H and O–H groups in total. The summed E-state index contributed by atoms with van der Waals surface area (Å²) in [5.41, 5.74) is 0.